The number of nitrogens with zero attached hydrogens (tertiary/aromatic N) is 2. The molecular weight excluding hydrogens is 252 g/mol. The fourth-order valence-electron chi connectivity index (χ4n) is 1.83. The quantitative estimate of drug-likeness (QED) is 0.771. The zero-order chi connectivity index (χ0) is 13.4. The third-order valence-corrected chi connectivity index (χ3v) is 2.73. The van der Waals surface area contributed by atoms with Crippen molar-refractivity contribution in [1.82, 2.24) is 15.0 Å². The summed E-state index contributed by atoms with van der Waals surface area (Å²) in [5, 5.41) is 0. The lowest BCUT2D eigenvalue weighted by Crippen LogP contribution is -1.91. The molecule has 3 aromatic rings. The van der Waals surface area contributed by atoms with Crippen LogP contribution in [0.25, 0.3) is 22.6 Å². The highest BCUT2D eigenvalue weighted by Gasteiger charge is 2.15. The molecule has 19 heavy (non-hydrogen) atoms. The monoisotopic (exact) mass is 261 g/mol. The molecule has 96 valence electrons. The number of halogens is 2. The smallest absolute Gasteiger partial charge is 0.215 e. The van der Waals surface area contributed by atoms with E-state index in [1.807, 2.05) is 0 Å². The van der Waals surface area contributed by atoms with Crippen LogP contribution in [0.2, 0.25) is 0 Å². The molecule has 0 unspecified atom stereocenters. The van der Waals surface area contributed by atoms with E-state index in [1.54, 1.807) is 12.1 Å². The second-order valence-corrected chi connectivity index (χ2v) is 3.91. The number of rotatable bonds is 2. The number of H-pyrrole nitrogens is 1. The molecule has 1 N–H and O–H groups in total. The highest BCUT2D eigenvalue weighted by molar-refractivity contribution is 5.76. The fraction of sp³-hybridized carbons (Fsp3) is 0.0769. The van der Waals surface area contributed by atoms with Crippen molar-refractivity contribution in [3.63, 3.8) is 0 Å². The molecule has 0 aliphatic rings. The highest BCUT2D eigenvalue weighted by Crippen LogP contribution is 2.25. The summed E-state index contributed by atoms with van der Waals surface area (Å²) < 4.78 is 32.3. The average molecular weight is 261 g/mol. The Hall–Kier alpha value is -2.50. The van der Waals surface area contributed by atoms with Crippen molar-refractivity contribution in [2.75, 3.05) is 7.11 Å². The predicted molar refractivity (Wildman–Crippen MR) is 65.8 cm³/mol. The minimum Gasteiger partial charge on any atom is -0.481 e. The Balaban J connectivity index is 2.21. The van der Waals surface area contributed by atoms with Crippen LogP contribution in [0.15, 0.2) is 30.3 Å². The van der Waals surface area contributed by atoms with Crippen LogP contribution < -0.4 is 4.74 Å². The second-order valence-electron chi connectivity index (χ2n) is 3.91. The van der Waals surface area contributed by atoms with Crippen molar-refractivity contribution in [2.24, 2.45) is 0 Å². The summed E-state index contributed by atoms with van der Waals surface area (Å²) >= 11 is 0. The number of aromatic nitrogens is 3. The Bertz CT molecular complexity index is 734. The number of benzene rings is 1. The molecule has 3 rings (SSSR count). The van der Waals surface area contributed by atoms with Crippen molar-refractivity contribution < 1.29 is 13.5 Å². The first-order valence-electron chi connectivity index (χ1n) is 5.54. The van der Waals surface area contributed by atoms with Crippen LogP contribution in [0.3, 0.4) is 0 Å². The van der Waals surface area contributed by atoms with E-state index in [2.05, 4.69) is 15.0 Å². The van der Waals surface area contributed by atoms with Crippen LogP contribution >= 0.6 is 0 Å². The molecule has 1 aromatic carbocycles. The highest BCUT2D eigenvalue weighted by atomic mass is 19.1. The first-order chi connectivity index (χ1) is 9.19. The number of aromatic amines is 1. The van der Waals surface area contributed by atoms with Gasteiger partial charge in [-0.1, -0.05) is 6.07 Å². The molecule has 0 bridgehead atoms. The maximum Gasteiger partial charge on any atom is 0.215 e. The largest absolute Gasteiger partial charge is 0.481 e. The summed E-state index contributed by atoms with van der Waals surface area (Å²) in [6.07, 6.45) is 0. The summed E-state index contributed by atoms with van der Waals surface area (Å²) in [6.45, 7) is 0. The van der Waals surface area contributed by atoms with Gasteiger partial charge in [0.1, 0.15) is 17.5 Å². The van der Waals surface area contributed by atoms with Gasteiger partial charge in [-0.2, -0.15) is 4.98 Å². The molecule has 2 aromatic heterocycles. The molecule has 0 saturated heterocycles. The van der Waals surface area contributed by atoms with Crippen LogP contribution in [0, 0.1) is 11.6 Å². The van der Waals surface area contributed by atoms with Gasteiger partial charge in [0.05, 0.1) is 18.2 Å². The molecule has 4 nitrogen and oxygen atoms in total. The Morgan fingerprint density at radius 1 is 1.05 bits per heavy atom. The average Bonchev–Trinajstić information content (AvgIpc) is 2.80. The molecular formula is C13H9F2N3O. The van der Waals surface area contributed by atoms with Crippen LogP contribution in [-0.4, -0.2) is 22.1 Å². The maximum absolute atomic E-state index is 13.7. The normalized spacial score (nSPS) is 10.9. The zero-order valence-corrected chi connectivity index (χ0v) is 9.95. The molecule has 0 aliphatic heterocycles. The van der Waals surface area contributed by atoms with Gasteiger partial charge in [-0.25, -0.2) is 13.8 Å². The molecule has 0 fully saturated rings. The maximum atomic E-state index is 13.7. The molecule has 0 saturated carbocycles. The number of imidazole rings is 1. The van der Waals surface area contributed by atoms with E-state index in [-0.39, 0.29) is 11.4 Å². The number of pyridine rings is 1. The van der Waals surface area contributed by atoms with Gasteiger partial charge < -0.3 is 9.72 Å². The Morgan fingerprint density at radius 3 is 2.47 bits per heavy atom. The summed E-state index contributed by atoms with van der Waals surface area (Å²) in [5.74, 6) is -0.858. The van der Waals surface area contributed by atoms with E-state index in [9.17, 15) is 8.78 Å². The van der Waals surface area contributed by atoms with Gasteiger partial charge >= 0.3 is 0 Å². The minimum absolute atomic E-state index is 0.103. The second kappa shape index (κ2) is 4.31. The third-order valence-electron chi connectivity index (χ3n) is 2.73. The molecule has 6 heteroatoms. The summed E-state index contributed by atoms with van der Waals surface area (Å²) in [5.41, 5.74) is 0.731. The SMILES string of the molecule is COc1ccc2[nH]c(-c3c(F)cccc3F)nc2n1. The zero-order valence-electron chi connectivity index (χ0n) is 9.95. The minimum atomic E-state index is -0.675. The van der Waals surface area contributed by atoms with Crippen LogP contribution in [0.4, 0.5) is 8.78 Å². The lowest BCUT2D eigenvalue weighted by atomic mass is 10.2. The van der Waals surface area contributed by atoms with Crippen molar-refractivity contribution in [3.05, 3.63) is 42.0 Å². The van der Waals surface area contributed by atoms with Gasteiger partial charge in [-0.3, -0.25) is 0 Å². The summed E-state index contributed by atoms with van der Waals surface area (Å²) in [4.78, 5) is 11.0. The lowest BCUT2D eigenvalue weighted by Gasteiger charge is -1.99. The Labute approximate surface area is 107 Å². The lowest BCUT2D eigenvalue weighted by molar-refractivity contribution is 0.399. The first kappa shape index (κ1) is 11.6. The van der Waals surface area contributed by atoms with Crippen LogP contribution in [0.1, 0.15) is 0 Å². The van der Waals surface area contributed by atoms with Gasteiger partial charge in [-0.15, -0.1) is 0 Å². The van der Waals surface area contributed by atoms with Gasteiger partial charge in [-0.05, 0) is 18.2 Å². The number of hydrogen-bond donors (Lipinski definition) is 1. The summed E-state index contributed by atoms with van der Waals surface area (Å²) in [7, 11) is 1.48. The standard InChI is InChI=1S/C13H9F2N3O/c1-19-10-6-5-9-12(17-10)18-13(16-9)11-7(14)3-2-4-8(11)15/h2-6H,1H3,(H,16,17,18). The third kappa shape index (κ3) is 1.91. The van der Waals surface area contributed by atoms with Crippen molar-refractivity contribution >= 4 is 11.2 Å². The molecule has 0 atom stereocenters. The van der Waals surface area contributed by atoms with E-state index in [1.165, 1.54) is 25.3 Å². The van der Waals surface area contributed by atoms with Crippen molar-refractivity contribution in [3.8, 4) is 17.3 Å². The fourth-order valence-corrected chi connectivity index (χ4v) is 1.83. The summed E-state index contributed by atoms with van der Waals surface area (Å²) in [6, 6.07) is 7.00. The van der Waals surface area contributed by atoms with E-state index < -0.39 is 11.6 Å². The molecule has 0 aliphatic carbocycles. The van der Waals surface area contributed by atoms with Gasteiger partial charge in [0.15, 0.2) is 5.65 Å². The Kier molecular flexibility index (Phi) is 2.63. The van der Waals surface area contributed by atoms with Crippen molar-refractivity contribution in [2.45, 2.75) is 0 Å². The first-order valence-corrected chi connectivity index (χ1v) is 5.54. The molecule has 0 radical (unpaired) electrons. The van der Waals surface area contributed by atoms with Gasteiger partial charge in [0, 0.05) is 6.07 Å². The molecule has 0 amide bonds. The number of ether oxygens (including phenoxy) is 1. The van der Waals surface area contributed by atoms with E-state index in [4.69, 9.17) is 4.74 Å². The number of nitrogens with one attached hydrogen (secondary N) is 1. The number of methoxy groups -OCH3 is 1. The van der Waals surface area contributed by atoms with E-state index >= 15 is 0 Å². The van der Waals surface area contributed by atoms with Crippen LogP contribution in [-0.2, 0) is 0 Å². The van der Waals surface area contributed by atoms with E-state index in [0.29, 0.717) is 17.0 Å². The number of hydrogen-bond acceptors (Lipinski definition) is 3. The molecule has 2 heterocycles. The number of fused-ring (bicyclic) bond motifs is 1. The van der Waals surface area contributed by atoms with Gasteiger partial charge in [0.25, 0.3) is 0 Å². The van der Waals surface area contributed by atoms with E-state index in [0.717, 1.165) is 0 Å². The topological polar surface area (TPSA) is 50.8 Å². The molecule has 0 spiro atoms. The van der Waals surface area contributed by atoms with Gasteiger partial charge in [0.2, 0.25) is 5.88 Å². The van der Waals surface area contributed by atoms with Crippen LogP contribution in [0.5, 0.6) is 5.88 Å². The van der Waals surface area contributed by atoms with Crippen molar-refractivity contribution in [1.29, 1.82) is 0 Å². The predicted octanol–water partition coefficient (Wildman–Crippen LogP) is 2.91. The Morgan fingerprint density at radius 2 is 1.79 bits per heavy atom.